The van der Waals surface area contributed by atoms with Gasteiger partial charge in [0.15, 0.2) is 0 Å². The van der Waals surface area contributed by atoms with Crippen LogP contribution < -0.4 is 5.32 Å². The van der Waals surface area contributed by atoms with Crippen molar-refractivity contribution in [3.05, 3.63) is 89.5 Å². The lowest BCUT2D eigenvalue weighted by molar-refractivity contribution is 0.0697. The fourth-order valence-corrected chi connectivity index (χ4v) is 6.45. The molecule has 0 heterocycles. The van der Waals surface area contributed by atoms with Gasteiger partial charge in [-0.1, -0.05) is 48.5 Å². The Hall–Kier alpha value is -3.04. The molecule has 202 valence electrons. The number of aliphatic hydroxyl groups excluding tert-OH is 1. The van der Waals surface area contributed by atoms with Crippen LogP contribution in [0.25, 0.3) is 11.1 Å². The number of likely N-dealkylation sites (N-methyl/N-ethyl adjacent to an activating group) is 1. The summed E-state index contributed by atoms with van der Waals surface area (Å²) in [7, 11) is -2.32. The maximum Gasteiger partial charge on any atom is 0.335 e. The van der Waals surface area contributed by atoms with E-state index in [1.54, 1.807) is 24.3 Å². The molecule has 0 aromatic heterocycles. The number of carboxylic acid groups (broad SMARTS) is 1. The first-order chi connectivity index (χ1) is 17.9. The van der Waals surface area contributed by atoms with Gasteiger partial charge in [0.25, 0.3) is 0 Å². The Morgan fingerprint density at radius 3 is 2.03 bits per heavy atom. The van der Waals surface area contributed by atoms with E-state index >= 15 is 0 Å². The number of sulfonamides is 1. The predicted octanol–water partition coefficient (Wildman–Crippen LogP) is 4.21. The number of benzene rings is 3. The van der Waals surface area contributed by atoms with Crippen LogP contribution in [-0.2, 0) is 22.9 Å². The summed E-state index contributed by atoms with van der Waals surface area (Å²) in [4.78, 5) is 11.2. The highest BCUT2D eigenvalue weighted by Crippen LogP contribution is 2.32. The predicted molar refractivity (Wildman–Crippen MR) is 149 cm³/mol. The van der Waals surface area contributed by atoms with Crippen molar-refractivity contribution in [3.8, 4) is 11.1 Å². The van der Waals surface area contributed by atoms with Gasteiger partial charge in [-0.15, -0.1) is 0 Å². The number of carboxylic acids is 1. The minimum atomic E-state index is -3.79. The van der Waals surface area contributed by atoms with Crippen molar-refractivity contribution in [3.63, 3.8) is 0 Å². The zero-order valence-electron chi connectivity index (χ0n) is 22.1. The van der Waals surface area contributed by atoms with Crippen LogP contribution in [0.15, 0.2) is 77.7 Å². The summed E-state index contributed by atoms with van der Waals surface area (Å²) in [6.45, 7) is 4.51. The van der Waals surface area contributed by atoms with Crippen LogP contribution in [0.3, 0.4) is 0 Å². The molecule has 8 heteroatoms. The number of β-amino-alcohol motifs (C(OH)–C–C–N with tert-alkyl or cyclic N) is 1. The molecule has 0 unspecified atom stereocenters. The van der Waals surface area contributed by atoms with Gasteiger partial charge in [-0.25, -0.2) is 13.2 Å². The van der Waals surface area contributed by atoms with Crippen LogP contribution in [0, 0.1) is 5.92 Å². The number of nitrogens with one attached hydrogen (secondary N) is 1. The second-order valence-corrected chi connectivity index (χ2v) is 12.9. The van der Waals surface area contributed by atoms with E-state index in [4.69, 9.17) is 5.11 Å². The van der Waals surface area contributed by atoms with E-state index in [1.165, 1.54) is 46.7 Å². The fraction of sp³-hybridized carbons (Fsp3) is 0.367. The second kappa shape index (κ2) is 11.4. The number of hydrogen-bond acceptors (Lipinski definition) is 5. The SMILES string of the molecule is CN(C[C@H](O)CNC(C)(C)CC1Cc2ccccc2C1)S(=O)(=O)c1ccc(-c2ccc(C(=O)O)cc2)cc1. The van der Waals surface area contributed by atoms with Gasteiger partial charge in [0.1, 0.15) is 0 Å². The molecule has 1 atom stereocenters. The highest BCUT2D eigenvalue weighted by molar-refractivity contribution is 7.89. The molecule has 0 bridgehead atoms. The van der Waals surface area contributed by atoms with E-state index in [-0.39, 0.29) is 29.1 Å². The lowest BCUT2D eigenvalue weighted by Crippen LogP contribution is -2.47. The van der Waals surface area contributed by atoms with Crippen LogP contribution in [-0.4, -0.2) is 60.7 Å². The van der Waals surface area contributed by atoms with Gasteiger partial charge in [0, 0.05) is 25.7 Å². The van der Waals surface area contributed by atoms with Gasteiger partial charge in [0.05, 0.1) is 16.6 Å². The third kappa shape index (κ3) is 6.69. The molecule has 4 rings (SSSR count). The van der Waals surface area contributed by atoms with Crippen LogP contribution >= 0.6 is 0 Å². The van der Waals surface area contributed by atoms with Crippen LogP contribution in [0.5, 0.6) is 0 Å². The average Bonchev–Trinajstić information content (AvgIpc) is 3.29. The van der Waals surface area contributed by atoms with Gasteiger partial charge >= 0.3 is 5.97 Å². The molecule has 0 aliphatic heterocycles. The molecular formula is C30H36N2O5S. The standard InChI is InChI=1S/C30H36N2O5S/c1-30(2,18-21-16-25-6-4-5-7-26(25)17-21)31-19-27(33)20-32(3)38(36,37)28-14-12-23(13-15-28)22-8-10-24(11-9-22)29(34)35/h4-15,21,27,31,33H,16-20H2,1-3H3,(H,34,35)/t27-/m1/s1. The third-order valence-electron chi connectivity index (χ3n) is 7.25. The number of fused-ring (bicyclic) bond motifs is 1. The Labute approximate surface area is 225 Å². The van der Waals surface area contributed by atoms with E-state index in [0.29, 0.717) is 5.92 Å². The Morgan fingerprint density at radius 2 is 1.50 bits per heavy atom. The first-order valence-corrected chi connectivity index (χ1v) is 14.3. The van der Waals surface area contributed by atoms with Gasteiger partial charge in [-0.2, -0.15) is 4.31 Å². The van der Waals surface area contributed by atoms with Crippen molar-refractivity contribution < 1.29 is 23.4 Å². The summed E-state index contributed by atoms with van der Waals surface area (Å²) >= 11 is 0. The first-order valence-electron chi connectivity index (χ1n) is 12.8. The monoisotopic (exact) mass is 536 g/mol. The van der Waals surface area contributed by atoms with Crippen LogP contribution in [0.4, 0.5) is 0 Å². The smallest absolute Gasteiger partial charge is 0.335 e. The Kier molecular flexibility index (Phi) is 8.37. The number of aliphatic hydroxyl groups is 1. The highest BCUT2D eigenvalue weighted by Gasteiger charge is 2.29. The van der Waals surface area contributed by atoms with Gasteiger partial charge < -0.3 is 15.5 Å². The molecule has 0 spiro atoms. The van der Waals surface area contributed by atoms with Crippen molar-refractivity contribution in [2.24, 2.45) is 5.92 Å². The van der Waals surface area contributed by atoms with E-state index in [9.17, 15) is 18.3 Å². The van der Waals surface area contributed by atoms with Crippen molar-refractivity contribution in [1.29, 1.82) is 0 Å². The molecule has 38 heavy (non-hydrogen) atoms. The van der Waals surface area contributed by atoms with Crippen LogP contribution in [0.1, 0.15) is 41.8 Å². The molecule has 3 aromatic rings. The molecule has 3 N–H and O–H groups in total. The van der Waals surface area contributed by atoms with Crippen molar-refractivity contribution >= 4 is 16.0 Å². The van der Waals surface area contributed by atoms with Gasteiger partial charge in [0.2, 0.25) is 10.0 Å². The number of hydrogen-bond donors (Lipinski definition) is 3. The summed E-state index contributed by atoms with van der Waals surface area (Å²) in [5.41, 5.74) is 4.41. The summed E-state index contributed by atoms with van der Waals surface area (Å²) in [5, 5.41) is 23.1. The summed E-state index contributed by atoms with van der Waals surface area (Å²) < 4.78 is 27.4. The topological polar surface area (TPSA) is 107 Å². The molecule has 0 fully saturated rings. The largest absolute Gasteiger partial charge is 0.478 e. The number of aromatic carboxylic acids is 1. The minimum absolute atomic E-state index is 0.0291. The Balaban J connectivity index is 1.30. The normalized spacial score (nSPS) is 15.0. The highest BCUT2D eigenvalue weighted by atomic mass is 32.2. The number of nitrogens with zero attached hydrogens (tertiary/aromatic N) is 1. The van der Waals surface area contributed by atoms with Gasteiger partial charge in [-0.3, -0.25) is 0 Å². The minimum Gasteiger partial charge on any atom is -0.478 e. The van der Waals surface area contributed by atoms with E-state index in [1.807, 2.05) is 0 Å². The Bertz CT molecular complexity index is 1340. The zero-order valence-corrected chi connectivity index (χ0v) is 22.9. The van der Waals surface area contributed by atoms with Crippen molar-refractivity contribution in [2.45, 2.75) is 49.6 Å². The molecule has 1 aliphatic carbocycles. The molecular weight excluding hydrogens is 500 g/mol. The van der Waals surface area contributed by atoms with Crippen molar-refractivity contribution in [2.75, 3.05) is 20.1 Å². The van der Waals surface area contributed by atoms with Crippen molar-refractivity contribution in [1.82, 2.24) is 9.62 Å². The molecule has 7 nitrogen and oxygen atoms in total. The quantitative estimate of drug-likeness (QED) is 0.339. The molecule has 1 aliphatic rings. The fourth-order valence-electron chi connectivity index (χ4n) is 5.25. The summed E-state index contributed by atoms with van der Waals surface area (Å²) in [5.74, 6) is -0.449. The molecule has 0 saturated heterocycles. The molecule has 0 saturated carbocycles. The van der Waals surface area contributed by atoms with Gasteiger partial charge in [-0.05, 0) is 85.5 Å². The van der Waals surface area contributed by atoms with E-state index in [2.05, 4.69) is 43.4 Å². The summed E-state index contributed by atoms with van der Waals surface area (Å²) in [6.07, 6.45) is 2.24. The number of rotatable bonds is 11. The molecule has 3 aromatic carbocycles. The molecule has 0 radical (unpaired) electrons. The van der Waals surface area contributed by atoms with Crippen LogP contribution in [0.2, 0.25) is 0 Å². The zero-order chi connectivity index (χ0) is 27.5. The third-order valence-corrected chi connectivity index (χ3v) is 9.08. The molecule has 0 amide bonds. The Morgan fingerprint density at radius 1 is 0.974 bits per heavy atom. The lowest BCUT2D eigenvalue weighted by Gasteiger charge is -2.31. The average molecular weight is 537 g/mol. The second-order valence-electron chi connectivity index (χ2n) is 10.9. The first kappa shape index (κ1) is 28.0. The maximum atomic E-state index is 13.1. The lowest BCUT2D eigenvalue weighted by atomic mass is 9.88. The van der Waals surface area contributed by atoms with E-state index < -0.39 is 22.1 Å². The summed E-state index contributed by atoms with van der Waals surface area (Å²) in [6, 6.07) is 21.4. The maximum absolute atomic E-state index is 13.1. The number of carbonyl (C=O) groups is 1. The van der Waals surface area contributed by atoms with E-state index in [0.717, 1.165) is 30.4 Å².